The van der Waals surface area contributed by atoms with E-state index in [1.165, 1.54) is 0 Å². The number of nitrogens with two attached hydrogens (primary N) is 1. The van der Waals surface area contributed by atoms with Crippen molar-refractivity contribution in [2.75, 3.05) is 30.4 Å². The summed E-state index contributed by atoms with van der Waals surface area (Å²) in [5.41, 5.74) is 8.75. The summed E-state index contributed by atoms with van der Waals surface area (Å²) in [6.45, 7) is 1.76. The molecule has 1 fully saturated rings. The van der Waals surface area contributed by atoms with Gasteiger partial charge in [-0.05, 0) is 80.3 Å². The van der Waals surface area contributed by atoms with Gasteiger partial charge in [-0.25, -0.2) is 0 Å². The molecule has 0 radical (unpaired) electrons. The Morgan fingerprint density at radius 3 is 2.50 bits per heavy atom. The van der Waals surface area contributed by atoms with E-state index in [9.17, 15) is 14.4 Å². The van der Waals surface area contributed by atoms with Gasteiger partial charge in [0.25, 0.3) is 17.7 Å². The van der Waals surface area contributed by atoms with Gasteiger partial charge < -0.3 is 30.7 Å². The number of fused-ring (bicyclic) bond motifs is 1. The first-order valence-electron chi connectivity index (χ1n) is 14.7. The first kappa shape index (κ1) is 29.1. The van der Waals surface area contributed by atoms with Crippen LogP contribution >= 0.6 is 0 Å². The number of nitrogens with one attached hydrogen (secondary N) is 2. The maximum absolute atomic E-state index is 13.4. The normalized spacial score (nSPS) is 13.9. The third-order valence-electron chi connectivity index (χ3n) is 7.39. The Morgan fingerprint density at radius 2 is 1.71 bits per heavy atom. The molecule has 0 aromatic heterocycles. The number of benzene rings is 3. The van der Waals surface area contributed by atoms with Crippen molar-refractivity contribution >= 4 is 29.1 Å². The molecular formula is C33H38N4O5. The first-order chi connectivity index (χ1) is 20.5. The lowest BCUT2D eigenvalue weighted by Gasteiger charge is -2.24. The lowest BCUT2D eigenvalue weighted by Crippen LogP contribution is -2.33. The lowest BCUT2D eigenvalue weighted by molar-refractivity contribution is -0.118. The molecule has 1 aliphatic carbocycles. The number of amides is 3. The summed E-state index contributed by atoms with van der Waals surface area (Å²) in [7, 11) is 0. The standard InChI is InChI=1S/C33H38N4O5/c34-17-4-2-1-3-5-18-41-28-8-6-7-26(20-28)35-32(39)24-11-9-23(10-12-24)21-37(27-14-15-27)33(40)25-13-16-29-30(19-25)42-22-31(38)36-29/h6-13,16,19-20,27H,1-5,14-15,17-18,21-22,34H2,(H,35,39)(H,36,38). The van der Waals surface area contributed by atoms with Crippen LogP contribution < -0.4 is 25.8 Å². The van der Waals surface area contributed by atoms with E-state index in [0.29, 0.717) is 41.4 Å². The molecule has 0 bridgehead atoms. The SMILES string of the molecule is NCCCCCCCOc1cccc(NC(=O)c2ccc(CN(C(=O)c3ccc4c(c3)OCC(=O)N4)C3CC3)cc2)c1. The minimum Gasteiger partial charge on any atom is -0.494 e. The fourth-order valence-electron chi connectivity index (χ4n) is 4.92. The Bertz CT molecular complexity index is 1400. The first-order valence-corrected chi connectivity index (χ1v) is 14.7. The van der Waals surface area contributed by atoms with Gasteiger partial charge in [-0.1, -0.05) is 37.5 Å². The van der Waals surface area contributed by atoms with Crippen molar-refractivity contribution in [3.05, 3.63) is 83.4 Å². The highest BCUT2D eigenvalue weighted by molar-refractivity contribution is 6.04. The van der Waals surface area contributed by atoms with E-state index < -0.39 is 0 Å². The Morgan fingerprint density at radius 1 is 0.952 bits per heavy atom. The molecule has 3 amide bonds. The highest BCUT2D eigenvalue weighted by Gasteiger charge is 2.33. The number of carbonyl (C=O) groups excluding carboxylic acids is 3. The van der Waals surface area contributed by atoms with Crippen LogP contribution in [0.2, 0.25) is 0 Å². The van der Waals surface area contributed by atoms with E-state index in [2.05, 4.69) is 10.6 Å². The minimum absolute atomic E-state index is 0.0631. The average molecular weight is 571 g/mol. The van der Waals surface area contributed by atoms with Crippen molar-refractivity contribution in [3.63, 3.8) is 0 Å². The number of hydrogen-bond donors (Lipinski definition) is 3. The summed E-state index contributed by atoms with van der Waals surface area (Å²) in [6, 6.07) is 20.0. The second-order valence-corrected chi connectivity index (χ2v) is 10.8. The lowest BCUT2D eigenvalue weighted by atomic mass is 10.1. The van der Waals surface area contributed by atoms with E-state index in [0.717, 1.165) is 62.8 Å². The number of ether oxygens (including phenoxy) is 2. The van der Waals surface area contributed by atoms with Crippen LogP contribution in [0.5, 0.6) is 11.5 Å². The Balaban J connectivity index is 1.15. The third kappa shape index (κ3) is 7.88. The molecule has 1 heterocycles. The van der Waals surface area contributed by atoms with Crippen LogP contribution in [0.15, 0.2) is 66.7 Å². The quantitative estimate of drug-likeness (QED) is 0.224. The maximum atomic E-state index is 13.4. The fourth-order valence-corrected chi connectivity index (χ4v) is 4.92. The molecule has 0 saturated heterocycles. The summed E-state index contributed by atoms with van der Waals surface area (Å²) in [5, 5.41) is 5.69. The molecule has 9 nitrogen and oxygen atoms in total. The van der Waals surface area contributed by atoms with Crippen LogP contribution in [0.25, 0.3) is 0 Å². The molecule has 3 aromatic rings. The molecule has 220 valence electrons. The molecule has 5 rings (SSSR count). The number of anilines is 2. The average Bonchev–Trinajstić information content (AvgIpc) is 3.85. The molecule has 1 saturated carbocycles. The molecule has 3 aromatic carbocycles. The highest BCUT2D eigenvalue weighted by Crippen LogP contribution is 2.33. The number of rotatable bonds is 14. The Labute approximate surface area is 246 Å². The zero-order chi connectivity index (χ0) is 29.3. The van der Waals surface area contributed by atoms with Crippen LogP contribution in [0.1, 0.15) is 71.2 Å². The van der Waals surface area contributed by atoms with Gasteiger partial charge in [-0.15, -0.1) is 0 Å². The monoisotopic (exact) mass is 570 g/mol. The molecule has 0 spiro atoms. The summed E-state index contributed by atoms with van der Waals surface area (Å²) < 4.78 is 11.4. The van der Waals surface area contributed by atoms with Crippen molar-refractivity contribution in [2.45, 2.75) is 57.5 Å². The molecule has 0 atom stereocenters. The van der Waals surface area contributed by atoms with Gasteiger partial charge in [0.15, 0.2) is 6.61 Å². The summed E-state index contributed by atoms with van der Waals surface area (Å²) in [5.74, 6) is 0.714. The summed E-state index contributed by atoms with van der Waals surface area (Å²) >= 11 is 0. The van der Waals surface area contributed by atoms with Gasteiger partial charge in [0, 0.05) is 35.5 Å². The number of hydrogen-bond acceptors (Lipinski definition) is 6. The minimum atomic E-state index is -0.213. The fraction of sp³-hybridized carbons (Fsp3) is 0.364. The van der Waals surface area contributed by atoms with Gasteiger partial charge in [-0.2, -0.15) is 0 Å². The molecule has 0 unspecified atom stereocenters. The van der Waals surface area contributed by atoms with Gasteiger partial charge in [0.2, 0.25) is 0 Å². The van der Waals surface area contributed by atoms with E-state index in [4.69, 9.17) is 15.2 Å². The predicted molar refractivity (Wildman–Crippen MR) is 162 cm³/mol. The van der Waals surface area contributed by atoms with Gasteiger partial charge >= 0.3 is 0 Å². The number of carbonyl (C=O) groups is 3. The summed E-state index contributed by atoms with van der Waals surface area (Å²) in [6.07, 6.45) is 7.41. The summed E-state index contributed by atoms with van der Waals surface area (Å²) in [4.78, 5) is 39.8. The topological polar surface area (TPSA) is 123 Å². The van der Waals surface area contributed by atoms with E-state index in [-0.39, 0.29) is 30.4 Å². The third-order valence-corrected chi connectivity index (χ3v) is 7.39. The Hall–Kier alpha value is -4.37. The zero-order valence-corrected chi connectivity index (χ0v) is 23.8. The van der Waals surface area contributed by atoms with Crippen molar-refractivity contribution in [1.29, 1.82) is 0 Å². The van der Waals surface area contributed by atoms with E-state index in [1.54, 1.807) is 30.3 Å². The highest BCUT2D eigenvalue weighted by atomic mass is 16.5. The van der Waals surface area contributed by atoms with Crippen molar-refractivity contribution < 1.29 is 23.9 Å². The van der Waals surface area contributed by atoms with Gasteiger partial charge in [0.1, 0.15) is 11.5 Å². The van der Waals surface area contributed by atoms with Crippen LogP contribution in [0.3, 0.4) is 0 Å². The second-order valence-electron chi connectivity index (χ2n) is 10.8. The van der Waals surface area contributed by atoms with E-state index in [1.807, 2.05) is 41.3 Å². The Kier molecular flexibility index (Phi) is 9.71. The van der Waals surface area contributed by atoms with Crippen LogP contribution in [0.4, 0.5) is 11.4 Å². The molecule has 4 N–H and O–H groups in total. The molecule has 9 heteroatoms. The van der Waals surface area contributed by atoms with Crippen LogP contribution in [-0.2, 0) is 11.3 Å². The van der Waals surface area contributed by atoms with Gasteiger partial charge in [0.05, 0.1) is 12.3 Å². The predicted octanol–water partition coefficient (Wildman–Crippen LogP) is 5.36. The smallest absolute Gasteiger partial charge is 0.262 e. The molecular weight excluding hydrogens is 532 g/mol. The molecule has 1 aliphatic heterocycles. The maximum Gasteiger partial charge on any atom is 0.262 e. The van der Waals surface area contributed by atoms with Crippen LogP contribution in [0, 0.1) is 0 Å². The molecule has 2 aliphatic rings. The zero-order valence-electron chi connectivity index (χ0n) is 23.8. The van der Waals surface area contributed by atoms with Crippen molar-refractivity contribution in [1.82, 2.24) is 4.90 Å². The second kappa shape index (κ2) is 14.0. The number of unbranched alkanes of at least 4 members (excludes halogenated alkanes) is 4. The largest absolute Gasteiger partial charge is 0.494 e. The number of nitrogens with zero attached hydrogens (tertiary/aromatic N) is 1. The van der Waals surface area contributed by atoms with Gasteiger partial charge in [-0.3, -0.25) is 14.4 Å². The van der Waals surface area contributed by atoms with E-state index >= 15 is 0 Å². The molecule has 42 heavy (non-hydrogen) atoms. The van der Waals surface area contributed by atoms with Crippen LogP contribution in [-0.4, -0.2) is 48.4 Å². The van der Waals surface area contributed by atoms with Crippen molar-refractivity contribution in [3.8, 4) is 11.5 Å². The van der Waals surface area contributed by atoms with Crippen molar-refractivity contribution in [2.24, 2.45) is 5.73 Å².